The Morgan fingerprint density at radius 1 is 1.32 bits per heavy atom. The molecule has 1 fully saturated rings. The van der Waals surface area contributed by atoms with Crippen LogP contribution in [0.1, 0.15) is 25.3 Å². The maximum Gasteiger partial charge on any atom is 0.326 e. The summed E-state index contributed by atoms with van der Waals surface area (Å²) in [4.78, 5) is 24.8. The topological polar surface area (TPSA) is 57.6 Å². The van der Waals surface area contributed by atoms with Gasteiger partial charge in [-0.3, -0.25) is 4.79 Å². The van der Waals surface area contributed by atoms with E-state index < -0.39 is 17.4 Å². The summed E-state index contributed by atoms with van der Waals surface area (Å²) < 4.78 is 0. The van der Waals surface area contributed by atoms with Gasteiger partial charge in [-0.05, 0) is 37.5 Å². The van der Waals surface area contributed by atoms with Gasteiger partial charge in [0.05, 0.1) is 5.41 Å². The predicted molar refractivity (Wildman–Crippen MR) is 72.2 cm³/mol. The molecule has 102 valence electrons. The lowest BCUT2D eigenvalue weighted by Gasteiger charge is -2.27. The third-order valence-electron chi connectivity index (χ3n) is 3.81. The smallest absolute Gasteiger partial charge is 0.326 e. The van der Waals surface area contributed by atoms with E-state index in [2.05, 4.69) is 0 Å². The molecule has 0 heterocycles. The number of carboxylic acids is 1. The number of amides is 1. The SMILES string of the molecule is CC(C(=O)O)N(C)C(=O)C1(c2ccc(Cl)cc2)CC1. The van der Waals surface area contributed by atoms with Crippen molar-refractivity contribution in [1.29, 1.82) is 0 Å². The zero-order chi connectivity index (χ0) is 14.2. The number of carboxylic acid groups (broad SMARTS) is 1. The number of benzene rings is 1. The highest BCUT2D eigenvalue weighted by Gasteiger charge is 2.53. The van der Waals surface area contributed by atoms with Gasteiger partial charge in [-0.2, -0.15) is 0 Å². The first-order valence-corrected chi connectivity index (χ1v) is 6.52. The number of carbonyl (C=O) groups is 2. The van der Waals surface area contributed by atoms with E-state index in [1.54, 1.807) is 12.1 Å². The fourth-order valence-electron chi connectivity index (χ4n) is 2.20. The fourth-order valence-corrected chi connectivity index (χ4v) is 2.33. The van der Waals surface area contributed by atoms with Crippen LogP contribution in [0, 0.1) is 0 Å². The molecule has 1 amide bonds. The molecule has 1 aliphatic carbocycles. The Bertz CT molecular complexity index is 508. The van der Waals surface area contributed by atoms with Crippen LogP contribution in [0.2, 0.25) is 5.02 Å². The van der Waals surface area contributed by atoms with E-state index in [0.717, 1.165) is 18.4 Å². The van der Waals surface area contributed by atoms with Gasteiger partial charge in [0.1, 0.15) is 6.04 Å². The van der Waals surface area contributed by atoms with Crippen molar-refractivity contribution < 1.29 is 14.7 Å². The molecule has 0 bridgehead atoms. The van der Waals surface area contributed by atoms with Crippen LogP contribution < -0.4 is 0 Å². The van der Waals surface area contributed by atoms with Gasteiger partial charge in [-0.15, -0.1) is 0 Å². The summed E-state index contributed by atoms with van der Waals surface area (Å²) in [5.41, 5.74) is 0.356. The van der Waals surface area contributed by atoms with Crippen molar-refractivity contribution in [3.8, 4) is 0 Å². The summed E-state index contributed by atoms with van der Waals surface area (Å²) >= 11 is 5.84. The molecule has 0 spiro atoms. The largest absolute Gasteiger partial charge is 0.480 e. The average Bonchev–Trinajstić information content (AvgIpc) is 3.18. The Morgan fingerprint density at radius 2 is 1.84 bits per heavy atom. The number of carbonyl (C=O) groups excluding carboxylic acids is 1. The Labute approximate surface area is 117 Å². The molecule has 5 heteroatoms. The Kier molecular flexibility index (Phi) is 3.54. The lowest BCUT2D eigenvalue weighted by atomic mass is 9.94. The normalized spacial score (nSPS) is 17.6. The highest BCUT2D eigenvalue weighted by atomic mass is 35.5. The van der Waals surface area contributed by atoms with Gasteiger partial charge >= 0.3 is 5.97 Å². The number of halogens is 1. The molecule has 0 saturated heterocycles. The second kappa shape index (κ2) is 4.85. The standard InChI is InChI=1S/C14H16ClNO3/c1-9(12(17)18)16(2)13(19)14(7-8-14)10-3-5-11(15)6-4-10/h3-6,9H,7-8H2,1-2H3,(H,17,18). The lowest BCUT2D eigenvalue weighted by Crippen LogP contribution is -2.45. The molecule has 1 aliphatic rings. The fraction of sp³-hybridized carbons (Fsp3) is 0.429. The highest BCUT2D eigenvalue weighted by Crippen LogP contribution is 2.49. The number of aliphatic carboxylic acids is 1. The van der Waals surface area contributed by atoms with Crippen molar-refractivity contribution in [2.24, 2.45) is 0 Å². The van der Waals surface area contributed by atoms with Crippen molar-refractivity contribution in [2.45, 2.75) is 31.2 Å². The number of nitrogens with zero attached hydrogens (tertiary/aromatic N) is 1. The summed E-state index contributed by atoms with van der Waals surface area (Å²) in [5, 5.41) is 9.61. The van der Waals surface area contributed by atoms with E-state index >= 15 is 0 Å². The molecule has 0 aliphatic heterocycles. The summed E-state index contributed by atoms with van der Waals surface area (Å²) in [6.45, 7) is 1.51. The van der Waals surface area contributed by atoms with Crippen LogP contribution in [0.4, 0.5) is 0 Å². The highest BCUT2D eigenvalue weighted by molar-refractivity contribution is 6.30. The first-order chi connectivity index (χ1) is 8.88. The van der Waals surface area contributed by atoms with E-state index in [9.17, 15) is 9.59 Å². The zero-order valence-corrected chi connectivity index (χ0v) is 11.6. The molecular formula is C14H16ClNO3. The van der Waals surface area contributed by atoms with E-state index in [-0.39, 0.29) is 5.91 Å². The van der Waals surface area contributed by atoms with Crippen LogP contribution in [0.3, 0.4) is 0 Å². The monoisotopic (exact) mass is 281 g/mol. The van der Waals surface area contributed by atoms with Crippen LogP contribution in [0.25, 0.3) is 0 Å². The molecule has 1 aromatic rings. The summed E-state index contributed by atoms with van der Waals surface area (Å²) in [7, 11) is 1.54. The predicted octanol–water partition coefficient (Wildman–Crippen LogP) is 2.30. The number of likely N-dealkylation sites (N-methyl/N-ethyl adjacent to an activating group) is 1. The minimum atomic E-state index is -0.997. The molecule has 2 rings (SSSR count). The van der Waals surface area contributed by atoms with E-state index in [1.165, 1.54) is 18.9 Å². The van der Waals surface area contributed by atoms with Crippen LogP contribution in [0.5, 0.6) is 0 Å². The van der Waals surface area contributed by atoms with Gasteiger partial charge in [-0.1, -0.05) is 23.7 Å². The van der Waals surface area contributed by atoms with Crippen LogP contribution in [-0.4, -0.2) is 35.0 Å². The molecule has 0 radical (unpaired) electrons. The zero-order valence-electron chi connectivity index (χ0n) is 10.9. The molecule has 19 heavy (non-hydrogen) atoms. The minimum absolute atomic E-state index is 0.135. The van der Waals surface area contributed by atoms with E-state index in [1.807, 2.05) is 12.1 Å². The van der Waals surface area contributed by atoms with Crippen LogP contribution in [-0.2, 0) is 15.0 Å². The maximum absolute atomic E-state index is 12.5. The summed E-state index contributed by atoms with van der Waals surface area (Å²) in [6, 6.07) is 6.37. The van der Waals surface area contributed by atoms with Gasteiger partial charge in [0.25, 0.3) is 0 Å². The molecule has 1 atom stereocenters. The molecule has 1 aromatic carbocycles. The summed E-state index contributed by atoms with van der Waals surface area (Å²) in [5.74, 6) is -1.13. The van der Waals surface area contributed by atoms with Gasteiger partial charge < -0.3 is 10.0 Å². The van der Waals surface area contributed by atoms with Crippen molar-refractivity contribution in [3.63, 3.8) is 0 Å². The second-order valence-corrected chi connectivity index (χ2v) is 5.46. The molecule has 1 unspecified atom stereocenters. The van der Waals surface area contributed by atoms with Crippen molar-refractivity contribution in [1.82, 2.24) is 4.90 Å². The Morgan fingerprint density at radius 3 is 2.26 bits per heavy atom. The van der Waals surface area contributed by atoms with Crippen LogP contribution >= 0.6 is 11.6 Å². The van der Waals surface area contributed by atoms with E-state index in [4.69, 9.17) is 16.7 Å². The average molecular weight is 282 g/mol. The number of rotatable bonds is 4. The molecular weight excluding hydrogens is 266 g/mol. The first-order valence-electron chi connectivity index (χ1n) is 6.14. The lowest BCUT2D eigenvalue weighted by molar-refractivity contribution is -0.149. The third-order valence-corrected chi connectivity index (χ3v) is 4.07. The minimum Gasteiger partial charge on any atom is -0.480 e. The van der Waals surface area contributed by atoms with Gasteiger partial charge in [-0.25, -0.2) is 4.79 Å². The Hall–Kier alpha value is -1.55. The Balaban J connectivity index is 2.23. The van der Waals surface area contributed by atoms with Crippen molar-refractivity contribution in [2.75, 3.05) is 7.05 Å². The number of hydrogen-bond donors (Lipinski definition) is 1. The quantitative estimate of drug-likeness (QED) is 0.921. The number of hydrogen-bond acceptors (Lipinski definition) is 2. The van der Waals surface area contributed by atoms with Gasteiger partial charge in [0.15, 0.2) is 0 Å². The van der Waals surface area contributed by atoms with Crippen LogP contribution in [0.15, 0.2) is 24.3 Å². The molecule has 0 aromatic heterocycles. The first kappa shape index (κ1) is 13.9. The summed E-state index contributed by atoms with van der Waals surface area (Å²) in [6.07, 6.45) is 1.51. The van der Waals surface area contributed by atoms with Gasteiger partial charge in [0, 0.05) is 12.1 Å². The van der Waals surface area contributed by atoms with Crippen molar-refractivity contribution >= 4 is 23.5 Å². The molecule has 4 nitrogen and oxygen atoms in total. The maximum atomic E-state index is 12.5. The third kappa shape index (κ3) is 2.45. The molecule has 1 saturated carbocycles. The van der Waals surface area contributed by atoms with Gasteiger partial charge in [0.2, 0.25) is 5.91 Å². The molecule has 1 N–H and O–H groups in total. The van der Waals surface area contributed by atoms with Crippen molar-refractivity contribution in [3.05, 3.63) is 34.9 Å². The van der Waals surface area contributed by atoms with E-state index in [0.29, 0.717) is 5.02 Å². The second-order valence-electron chi connectivity index (χ2n) is 5.02.